The largest absolute Gasteiger partial charge is 0.491 e. The molecular formula is C17H19BrN2O3. The van der Waals surface area contributed by atoms with Gasteiger partial charge in [-0.15, -0.1) is 0 Å². The van der Waals surface area contributed by atoms with Gasteiger partial charge in [0.2, 0.25) is 0 Å². The number of ether oxygens (including phenoxy) is 1. The SMILES string of the molecule is Cc1cc(Br)c(OCC2CCC2)c(-c2cc(C(=O)O)nn2C)c1. The maximum Gasteiger partial charge on any atom is 0.356 e. The summed E-state index contributed by atoms with van der Waals surface area (Å²) in [5, 5.41) is 13.2. The highest BCUT2D eigenvalue weighted by Crippen LogP contribution is 2.39. The number of carboxylic acid groups (broad SMARTS) is 1. The Hall–Kier alpha value is -1.82. The van der Waals surface area contributed by atoms with Crippen LogP contribution in [0, 0.1) is 12.8 Å². The molecule has 2 aromatic rings. The van der Waals surface area contributed by atoms with Crippen molar-refractivity contribution in [1.29, 1.82) is 0 Å². The van der Waals surface area contributed by atoms with Crippen molar-refractivity contribution in [2.45, 2.75) is 26.2 Å². The van der Waals surface area contributed by atoms with Crippen LogP contribution in [0.4, 0.5) is 0 Å². The predicted molar refractivity (Wildman–Crippen MR) is 90.9 cm³/mol. The van der Waals surface area contributed by atoms with Crippen molar-refractivity contribution in [3.05, 3.63) is 33.9 Å². The molecule has 1 aromatic heterocycles. The van der Waals surface area contributed by atoms with Crippen LogP contribution in [0.3, 0.4) is 0 Å². The summed E-state index contributed by atoms with van der Waals surface area (Å²) in [7, 11) is 1.74. The Bertz CT molecular complexity index is 751. The van der Waals surface area contributed by atoms with E-state index in [4.69, 9.17) is 9.84 Å². The van der Waals surface area contributed by atoms with Gasteiger partial charge in [0.25, 0.3) is 0 Å². The van der Waals surface area contributed by atoms with Gasteiger partial charge < -0.3 is 9.84 Å². The van der Waals surface area contributed by atoms with Gasteiger partial charge in [-0.1, -0.05) is 6.42 Å². The highest BCUT2D eigenvalue weighted by Gasteiger charge is 2.22. The highest BCUT2D eigenvalue weighted by atomic mass is 79.9. The van der Waals surface area contributed by atoms with Gasteiger partial charge in [-0.25, -0.2) is 4.79 Å². The van der Waals surface area contributed by atoms with Crippen LogP contribution in [0.25, 0.3) is 11.3 Å². The Balaban J connectivity index is 2.00. The molecule has 0 atom stereocenters. The second-order valence-electron chi connectivity index (χ2n) is 6.07. The zero-order valence-electron chi connectivity index (χ0n) is 13.2. The summed E-state index contributed by atoms with van der Waals surface area (Å²) in [6.45, 7) is 2.69. The lowest BCUT2D eigenvalue weighted by molar-refractivity contribution is 0.0689. The molecule has 1 aliphatic carbocycles. The maximum absolute atomic E-state index is 11.2. The summed E-state index contributed by atoms with van der Waals surface area (Å²) in [5.74, 6) is 0.343. The molecular weight excluding hydrogens is 360 g/mol. The fourth-order valence-electron chi connectivity index (χ4n) is 2.75. The smallest absolute Gasteiger partial charge is 0.356 e. The zero-order valence-corrected chi connectivity index (χ0v) is 14.8. The molecule has 122 valence electrons. The van der Waals surface area contributed by atoms with Crippen molar-refractivity contribution in [2.24, 2.45) is 13.0 Å². The van der Waals surface area contributed by atoms with Crippen molar-refractivity contribution >= 4 is 21.9 Å². The van der Waals surface area contributed by atoms with E-state index in [9.17, 15) is 4.79 Å². The molecule has 0 saturated heterocycles. The van der Waals surface area contributed by atoms with Gasteiger partial charge in [-0.3, -0.25) is 4.68 Å². The van der Waals surface area contributed by atoms with Gasteiger partial charge in [0, 0.05) is 12.6 Å². The third-order valence-electron chi connectivity index (χ3n) is 4.25. The number of nitrogens with zero attached hydrogens (tertiary/aromatic N) is 2. The number of halogens is 1. The Kier molecular flexibility index (Phi) is 4.43. The number of carboxylic acids is 1. The number of aromatic nitrogens is 2. The van der Waals surface area contributed by atoms with Crippen LogP contribution in [0.2, 0.25) is 0 Å². The van der Waals surface area contributed by atoms with Crippen LogP contribution < -0.4 is 4.74 Å². The number of aromatic carboxylic acids is 1. The van der Waals surface area contributed by atoms with E-state index in [0.717, 1.165) is 27.0 Å². The number of hydrogen-bond donors (Lipinski definition) is 1. The minimum Gasteiger partial charge on any atom is -0.491 e. The fraction of sp³-hybridized carbons (Fsp3) is 0.412. The van der Waals surface area contributed by atoms with Crippen LogP contribution >= 0.6 is 15.9 Å². The number of aryl methyl sites for hydroxylation is 2. The van der Waals surface area contributed by atoms with Gasteiger partial charge in [-0.2, -0.15) is 5.10 Å². The molecule has 3 rings (SSSR count). The Labute approximate surface area is 143 Å². The Morgan fingerprint density at radius 1 is 1.43 bits per heavy atom. The lowest BCUT2D eigenvalue weighted by Crippen LogP contribution is -2.19. The second-order valence-corrected chi connectivity index (χ2v) is 6.93. The molecule has 1 N–H and O–H groups in total. The van der Waals surface area contributed by atoms with Crippen molar-refractivity contribution < 1.29 is 14.6 Å². The summed E-state index contributed by atoms with van der Waals surface area (Å²) < 4.78 is 8.53. The molecule has 23 heavy (non-hydrogen) atoms. The van der Waals surface area contributed by atoms with E-state index in [1.807, 2.05) is 19.1 Å². The average molecular weight is 379 g/mol. The van der Waals surface area contributed by atoms with Gasteiger partial charge in [-0.05, 0) is 65.4 Å². The lowest BCUT2D eigenvalue weighted by Gasteiger charge is -2.26. The summed E-state index contributed by atoms with van der Waals surface area (Å²) in [6, 6.07) is 5.59. The van der Waals surface area contributed by atoms with Crippen molar-refractivity contribution in [3.63, 3.8) is 0 Å². The van der Waals surface area contributed by atoms with Crippen LogP contribution in [0.5, 0.6) is 5.75 Å². The molecule has 1 saturated carbocycles. The first-order valence-corrected chi connectivity index (χ1v) is 8.45. The van der Waals surface area contributed by atoms with E-state index < -0.39 is 5.97 Å². The first kappa shape index (κ1) is 16.1. The second kappa shape index (κ2) is 6.35. The van der Waals surface area contributed by atoms with E-state index in [1.54, 1.807) is 17.8 Å². The fourth-order valence-corrected chi connectivity index (χ4v) is 3.44. The van der Waals surface area contributed by atoms with Gasteiger partial charge in [0.05, 0.1) is 16.8 Å². The lowest BCUT2D eigenvalue weighted by atomic mass is 9.86. The summed E-state index contributed by atoms with van der Waals surface area (Å²) in [6.07, 6.45) is 3.71. The molecule has 1 aromatic carbocycles. The molecule has 1 heterocycles. The molecule has 0 bridgehead atoms. The van der Waals surface area contributed by atoms with Gasteiger partial charge in [0.1, 0.15) is 5.75 Å². The summed E-state index contributed by atoms with van der Waals surface area (Å²) >= 11 is 3.57. The first-order valence-electron chi connectivity index (χ1n) is 7.66. The van der Waals surface area contributed by atoms with E-state index in [2.05, 4.69) is 21.0 Å². The molecule has 1 aliphatic rings. The van der Waals surface area contributed by atoms with Crippen molar-refractivity contribution in [1.82, 2.24) is 9.78 Å². The van der Waals surface area contributed by atoms with Gasteiger partial charge >= 0.3 is 5.97 Å². The Morgan fingerprint density at radius 2 is 2.17 bits per heavy atom. The molecule has 5 nitrogen and oxygen atoms in total. The molecule has 0 amide bonds. The minimum absolute atomic E-state index is 0.0325. The quantitative estimate of drug-likeness (QED) is 0.852. The highest BCUT2D eigenvalue weighted by molar-refractivity contribution is 9.10. The molecule has 0 aliphatic heterocycles. The third kappa shape index (κ3) is 3.27. The molecule has 1 fully saturated rings. The van der Waals surface area contributed by atoms with Crippen LogP contribution in [-0.2, 0) is 7.05 Å². The van der Waals surface area contributed by atoms with Crippen LogP contribution in [-0.4, -0.2) is 27.5 Å². The molecule has 0 spiro atoms. The zero-order chi connectivity index (χ0) is 16.6. The van der Waals surface area contributed by atoms with Crippen molar-refractivity contribution in [3.8, 4) is 17.0 Å². The Morgan fingerprint density at radius 3 is 2.74 bits per heavy atom. The number of benzene rings is 1. The molecule has 0 unspecified atom stereocenters. The molecule has 0 radical (unpaired) electrons. The normalized spacial score (nSPS) is 14.6. The average Bonchev–Trinajstić information content (AvgIpc) is 2.81. The van der Waals surface area contributed by atoms with E-state index >= 15 is 0 Å². The van der Waals surface area contributed by atoms with E-state index in [1.165, 1.54) is 19.3 Å². The van der Waals surface area contributed by atoms with Gasteiger partial charge in [0.15, 0.2) is 5.69 Å². The van der Waals surface area contributed by atoms with Crippen molar-refractivity contribution in [2.75, 3.05) is 6.61 Å². The first-order chi connectivity index (χ1) is 11.0. The monoisotopic (exact) mass is 378 g/mol. The molecule has 6 heteroatoms. The maximum atomic E-state index is 11.2. The third-order valence-corrected chi connectivity index (χ3v) is 4.84. The predicted octanol–water partition coefficient (Wildman–Crippen LogP) is 4.04. The van der Waals surface area contributed by atoms with E-state index in [0.29, 0.717) is 12.5 Å². The van der Waals surface area contributed by atoms with E-state index in [-0.39, 0.29) is 5.69 Å². The van der Waals surface area contributed by atoms with Crippen LogP contribution in [0.15, 0.2) is 22.7 Å². The number of hydrogen-bond acceptors (Lipinski definition) is 3. The summed E-state index contributed by atoms with van der Waals surface area (Å²) in [4.78, 5) is 11.2. The summed E-state index contributed by atoms with van der Waals surface area (Å²) in [5.41, 5.74) is 2.69. The number of rotatable bonds is 5. The number of carbonyl (C=O) groups is 1. The van der Waals surface area contributed by atoms with Crippen LogP contribution in [0.1, 0.15) is 35.3 Å². The topological polar surface area (TPSA) is 64.3 Å². The minimum atomic E-state index is -1.03. The standard InChI is InChI=1S/C17H19BrN2O3/c1-10-6-12(15-8-14(17(21)22)19-20(15)2)16(13(18)7-10)23-9-11-4-3-5-11/h6-8,11H,3-5,9H2,1-2H3,(H,21,22).